The Labute approximate surface area is 224 Å². The van der Waals surface area contributed by atoms with Gasteiger partial charge in [0.25, 0.3) is 0 Å². The molecule has 2 heteroatoms. The van der Waals surface area contributed by atoms with Crippen molar-refractivity contribution in [2.75, 3.05) is 0 Å². The van der Waals surface area contributed by atoms with E-state index in [1.54, 1.807) is 0 Å². The molecule has 0 aliphatic rings. The van der Waals surface area contributed by atoms with Crippen molar-refractivity contribution in [1.82, 2.24) is 4.57 Å². The number of hydrogen-bond acceptors (Lipinski definition) is 1. The third-order valence-corrected chi connectivity index (χ3v) is 8.77. The van der Waals surface area contributed by atoms with E-state index < -0.39 is 0 Å². The number of nitrogens with zero attached hydrogens (tertiary/aromatic N) is 1. The molecule has 0 bridgehead atoms. The van der Waals surface area contributed by atoms with Crippen LogP contribution in [0.25, 0.3) is 69.9 Å². The third-order valence-electron chi connectivity index (χ3n) is 7.62. The molecule has 0 saturated heterocycles. The van der Waals surface area contributed by atoms with E-state index in [1.165, 1.54) is 69.9 Å². The first-order chi connectivity index (χ1) is 18.8. The zero-order chi connectivity index (χ0) is 25.1. The predicted molar refractivity (Wildman–Crippen MR) is 165 cm³/mol. The van der Waals surface area contributed by atoms with Crippen molar-refractivity contribution in [1.29, 1.82) is 0 Å². The summed E-state index contributed by atoms with van der Waals surface area (Å²) >= 11 is 1.87. The summed E-state index contributed by atoms with van der Waals surface area (Å²) in [6, 6.07) is 50.7. The first kappa shape index (κ1) is 21.4. The average Bonchev–Trinajstić information content (AvgIpc) is 3.53. The molecule has 0 unspecified atom stereocenters. The highest BCUT2D eigenvalue weighted by Crippen LogP contribution is 2.39. The average molecular weight is 502 g/mol. The molecule has 178 valence electrons. The van der Waals surface area contributed by atoms with Gasteiger partial charge in [0.15, 0.2) is 0 Å². The molecule has 0 amide bonds. The van der Waals surface area contributed by atoms with Gasteiger partial charge in [-0.15, -0.1) is 11.3 Å². The quantitative estimate of drug-likeness (QED) is 0.227. The highest BCUT2D eigenvalue weighted by molar-refractivity contribution is 7.25. The Hall–Kier alpha value is -4.66. The lowest BCUT2D eigenvalue weighted by molar-refractivity contribution is 1.18. The Morgan fingerprint density at radius 1 is 0.368 bits per heavy atom. The number of hydrogen-bond donors (Lipinski definition) is 0. The van der Waals surface area contributed by atoms with Crippen molar-refractivity contribution in [2.45, 2.75) is 0 Å². The molecule has 0 radical (unpaired) electrons. The van der Waals surface area contributed by atoms with Gasteiger partial charge in [0, 0.05) is 36.6 Å². The van der Waals surface area contributed by atoms with Crippen LogP contribution in [-0.4, -0.2) is 4.57 Å². The van der Waals surface area contributed by atoms with Crippen molar-refractivity contribution < 1.29 is 0 Å². The molecule has 38 heavy (non-hydrogen) atoms. The molecule has 0 N–H and O–H groups in total. The third kappa shape index (κ3) is 3.31. The van der Waals surface area contributed by atoms with Crippen LogP contribution in [0.3, 0.4) is 0 Å². The molecule has 8 aromatic rings. The van der Waals surface area contributed by atoms with Gasteiger partial charge in [-0.05, 0) is 70.8 Å². The predicted octanol–water partition coefficient (Wildman–Crippen LogP) is 10.5. The number of rotatable bonds is 3. The van der Waals surface area contributed by atoms with E-state index in [2.05, 4.69) is 144 Å². The van der Waals surface area contributed by atoms with E-state index in [0.29, 0.717) is 0 Å². The second-order valence-corrected chi connectivity index (χ2v) is 10.9. The number of benzene rings is 6. The van der Waals surface area contributed by atoms with Crippen LogP contribution in [0.15, 0.2) is 140 Å². The van der Waals surface area contributed by atoms with Gasteiger partial charge in [-0.2, -0.15) is 0 Å². The largest absolute Gasteiger partial charge is 0.309 e. The highest BCUT2D eigenvalue weighted by atomic mass is 32.1. The molecular formula is C36H23NS. The van der Waals surface area contributed by atoms with E-state index in [4.69, 9.17) is 0 Å². The van der Waals surface area contributed by atoms with E-state index in [-0.39, 0.29) is 0 Å². The molecule has 0 aliphatic carbocycles. The van der Waals surface area contributed by atoms with E-state index in [0.717, 1.165) is 0 Å². The number of para-hydroxylation sites is 1. The smallest absolute Gasteiger partial charge is 0.0541 e. The second-order valence-electron chi connectivity index (χ2n) is 9.81. The Balaban J connectivity index is 1.29. The summed E-state index contributed by atoms with van der Waals surface area (Å²) in [6.07, 6.45) is 0. The minimum atomic E-state index is 1.18. The van der Waals surface area contributed by atoms with Gasteiger partial charge >= 0.3 is 0 Å². The van der Waals surface area contributed by atoms with Crippen molar-refractivity contribution in [3.05, 3.63) is 140 Å². The van der Waals surface area contributed by atoms with Gasteiger partial charge in [-0.25, -0.2) is 0 Å². The fourth-order valence-corrected chi connectivity index (χ4v) is 6.86. The fourth-order valence-electron chi connectivity index (χ4n) is 5.77. The van der Waals surface area contributed by atoms with Crippen molar-refractivity contribution in [2.24, 2.45) is 0 Å². The van der Waals surface area contributed by atoms with Gasteiger partial charge in [-0.3, -0.25) is 0 Å². The lowest BCUT2D eigenvalue weighted by atomic mass is 10.0. The summed E-state index contributed by atoms with van der Waals surface area (Å²) in [6.45, 7) is 0. The van der Waals surface area contributed by atoms with Gasteiger partial charge < -0.3 is 4.57 Å². The number of fused-ring (bicyclic) bond motifs is 6. The molecule has 1 nitrogen and oxygen atoms in total. The van der Waals surface area contributed by atoms with E-state index >= 15 is 0 Å². The summed E-state index contributed by atoms with van der Waals surface area (Å²) in [7, 11) is 0. The van der Waals surface area contributed by atoms with Crippen LogP contribution in [0, 0.1) is 0 Å². The number of aromatic nitrogens is 1. The van der Waals surface area contributed by atoms with E-state index in [1.807, 2.05) is 11.3 Å². The van der Waals surface area contributed by atoms with Crippen LogP contribution in [0.4, 0.5) is 0 Å². The Bertz CT molecular complexity index is 2110. The molecular weight excluding hydrogens is 478 g/mol. The summed E-state index contributed by atoms with van der Waals surface area (Å²) in [4.78, 5) is 0. The van der Waals surface area contributed by atoms with Crippen LogP contribution < -0.4 is 0 Å². The molecule has 2 heterocycles. The molecule has 0 saturated carbocycles. The molecule has 0 fully saturated rings. The van der Waals surface area contributed by atoms with Crippen LogP contribution >= 0.6 is 11.3 Å². The van der Waals surface area contributed by atoms with Gasteiger partial charge in [0.05, 0.1) is 11.0 Å². The lowest BCUT2D eigenvalue weighted by Gasteiger charge is -2.10. The maximum atomic E-state index is 2.39. The monoisotopic (exact) mass is 501 g/mol. The fraction of sp³-hybridized carbons (Fsp3) is 0. The second kappa shape index (κ2) is 8.44. The van der Waals surface area contributed by atoms with Crippen molar-refractivity contribution >= 4 is 53.3 Å². The minimum absolute atomic E-state index is 1.18. The van der Waals surface area contributed by atoms with Crippen LogP contribution in [0.2, 0.25) is 0 Å². The summed E-state index contributed by atoms with van der Waals surface area (Å²) < 4.78 is 5.07. The Kier molecular flexibility index (Phi) is 4.76. The van der Waals surface area contributed by atoms with Crippen molar-refractivity contribution in [3.8, 4) is 27.9 Å². The molecule has 6 aromatic carbocycles. The summed E-state index contributed by atoms with van der Waals surface area (Å²) in [5, 5.41) is 5.23. The maximum absolute atomic E-state index is 2.39. The molecule has 8 rings (SSSR count). The zero-order valence-corrected chi connectivity index (χ0v) is 21.5. The first-order valence-corrected chi connectivity index (χ1v) is 13.8. The SMILES string of the molecule is c1ccc(-c2ccc(-n3c4ccccc4c4cc(-c5ccc6sc7ccccc7c6c5)ccc43)cc2)cc1. The zero-order valence-electron chi connectivity index (χ0n) is 20.6. The Morgan fingerprint density at radius 3 is 1.79 bits per heavy atom. The van der Waals surface area contributed by atoms with Crippen LogP contribution in [-0.2, 0) is 0 Å². The minimum Gasteiger partial charge on any atom is -0.309 e. The molecule has 2 aromatic heterocycles. The highest BCUT2D eigenvalue weighted by Gasteiger charge is 2.14. The summed E-state index contributed by atoms with van der Waals surface area (Å²) in [5.41, 5.74) is 8.60. The molecule has 0 aliphatic heterocycles. The standard InChI is InChI=1S/C36H23NS/c1-2-8-24(9-3-1)25-14-18-28(19-15-25)37-33-12-6-4-10-29(33)31-22-26(16-20-34(31)37)27-17-21-36-32(23-27)30-11-5-7-13-35(30)38-36/h1-23H. The molecule has 0 spiro atoms. The topological polar surface area (TPSA) is 4.93 Å². The normalized spacial score (nSPS) is 11.7. The van der Waals surface area contributed by atoms with Crippen LogP contribution in [0.1, 0.15) is 0 Å². The molecule has 0 atom stereocenters. The van der Waals surface area contributed by atoms with Gasteiger partial charge in [0.1, 0.15) is 0 Å². The lowest BCUT2D eigenvalue weighted by Crippen LogP contribution is -1.93. The van der Waals surface area contributed by atoms with Crippen LogP contribution in [0.5, 0.6) is 0 Å². The summed E-state index contributed by atoms with van der Waals surface area (Å²) in [5.74, 6) is 0. The first-order valence-electron chi connectivity index (χ1n) is 12.9. The number of thiophene rings is 1. The Morgan fingerprint density at radius 2 is 0.947 bits per heavy atom. The van der Waals surface area contributed by atoms with Gasteiger partial charge in [0.2, 0.25) is 0 Å². The maximum Gasteiger partial charge on any atom is 0.0541 e. The van der Waals surface area contributed by atoms with Gasteiger partial charge in [-0.1, -0.05) is 91.0 Å². The van der Waals surface area contributed by atoms with E-state index in [9.17, 15) is 0 Å². The van der Waals surface area contributed by atoms with Crippen molar-refractivity contribution in [3.63, 3.8) is 0 Å².